The van der Waals surface area contributed by atoms with Gasteiger partial charge in [-0.3, -0.25) is 4.79 Å². The largest absolute Gasteiger partial charge is 0.508 e. The monoisotopic (exact) mass is 284 g/mol. The number of phenols is 1. The van der Waals surface area contributed by atoms with Gasteiger partial charge in [0.15, 0.2) is 0 Å². The number of nitrogens with two attached hydrogens (primary N) is 1. The summed E-state index contributed by atoms with van der Waals surface area (Å²) in [5.74, 6) is -0.00474. The van der Waals surface area contributed by atoms with E-state index in [1.807, 2.05) is 43.3 Å². The van der Waals surface area contributed by atoms with Crippen molar-refractivity contribution < 1.29 is 9.90 Å². The Balaban J connectivity index is 2.18. The molecule has 2 rings (SSSR count). The first-order valence-electron chi connectivity index (χ1n) is 6.87. The van der Waals surface area contributed by atoms with Crippen molar-refractivity contribution in [2.45, 2.75) is 19.0 Å². The van der Waals surface area contributed by atoms with E-state index in [9.17, 15) is 9.90 Å². The molecule has 0 spiro atoms. The van der Waals surface area contributed by atoms with Gasteiger partial charge in [-0.2, -0.15) is 0 Å². The summed E-state index contributed by atoms with van der Waals surface area (Å²) in [4.78, 5) is 14.1. The summed E-state index contributed by atoms with van der Waals surface area (Å²) in [6, 6.07) is 15.3. The van der Waals surface area contributed by atoms with E-state index in [4.69, 9.17) is 5.73 Å². The van der Waals surface area contributed by atoms with E-state index in [0.29, 0.717) is 5.56 Å². The molecule has 0 heterocycles. The Kier molecular flexibility index (Phi) is 4.60. The van der Waals surface area contributed by atoms with Gasteiger partial charge in [0.1, 0.15) is 11.8 Å². The first-order chi connectivity index (χ1) is 10.0. The van der Waals surface area contributed by atoms with Crippen LogP contribution in [-0.4, -0.2) is 23.0 Å². The number of amides is 1. The van der Waals surface area contributed by atoms with Crippen LogP contribution in [-0.2, 0) is 4.79 Å². The number of carbonyl (C=O) groups is 1. The number of nitrogens with zero attached hydrogens (tertiary/aromatic N) is 1. The molecular formula is C17H20N2O2. The molecular weight excluding hydrogens is 264 g/mol. The van der Waals surface area contributed by atoms with Gasteiger partial charge in [0.25, 0.3) is 0 Å². The van der Waals surface area contributed by atoms with E-state index >= 15 is 0 Å². The summed E-state index contributed by atoms with van der Waals surface area (Å²) in [7, 11) is 1.70. The Morgan fingerprint density at radius 3 is 2.29 bits per heavy atom. The first-order valence-corrected chi connectivity index (χ1v) is 6.87. The summed E-state index contributed by atoms with van der Waals surface area (Å²) >= 11 is 0. The van der Waals surface area contributed by atoms with Crippen LogP contribution in [0.3, 0.4) is 0 Å². The van der Waals surface area contributed by atoms with Crippen molar-refractivity contribution in [3.63, 3.8) is 0 Å². The zero-order valence-electron chi connectivity index (χ0n) is 12.2. The Morgan fingerprint density at radius 1 is 1.10 bits per heavy atom. The van der Waals surface area contributed by atoms with Crippen LogP contribution < -0.4 is 5.73 Å². The molecule has 110 valence electrons. The molecule has 0 saturated carbocycles. The zero-order chi connectivity index (χ0) is 15.4. The third-order valence-electron chi connectivity index (χ3n) is 3.74. The van der Waals surface area contributed by atoms with Gasteiger partial charge in [-0.1, -0.05) is 48.5 Å². The summed E-state index contributed by atoms with van der Waals surface area (Å²) in [6.07, 6.45) is 0. The Labute approximate surface area is 124 Å². The summed E-state index contributed by atoms with van der Waals surface area (Å²) < 4.78 is 0. The van der Waals surface area contributed by atoms with Crippen molar-refractivity contribution in [2.24, 2.45) is 5.73 Å². The molecule has 3 N–H and O–H groups in total. The third kappa shape index (κ3) is 3.23. The number of likely N-dealkylation sites (N-methyl/N-ethyl adjacent to an activating group) is 1. The minimum absolute atomic E-state index is 0.179. The van der Waals surface area contributed by atoms with E-state index in [1.165, 1.54) is 0 Å². The number of phenolic OH excluding ortho intramolecular Hbond substituents is 1. The molecule has 0 aliphatic heterocycles. The van der Waals surface area contributed by atoms with Crippen molar-refractivity contribution in [3.8, 4) is 5.75 Å². The molecule has 0 bridgehead atoms. The molecule has 4 heteroatoms. The summed E-state index contributed by atoms with van der Waals surface area (Å²) in [6.45, 7) is 1.87. The smallest absolute Gasteiger partial charge is 0.244 e. The van der Waals surface area contributed by atoms with Gasteiger partial charge in [0.05, 0.1) is 6.04 Å². The Morgan fingerprint density at radius 2 is 1.67 bits per heavy atom. The highest BCUT2D eigenvalue weighted by atomic mass is 16.3. The lowest BCUT2D eigenvalue weighted by Gasteiger charge is -2.28. The summed E-state index contributed by atoms with van der Waals surface area (Å²) in [5, 5.41) is 9.90. The van der Waals surface area contributed by atoms with E-state index in [-0.39, 0.29) is 17.7 Å². The van der Waals surface area contributed by atoms with Gasteiger partial charge in [-0.15, -0.1) is 0 Å². The Hall–Kier alpha value is -2.33. The lowest BCUT2D eigenvalue weighted by atomic mass is 10.0. The molecule has 2 unspecified atom stereocenters. The fraction of sp³-hybridized carbons (Fsp3) is 0.235. The highest BCUT2D eigenvalue weighted by Crippen LogP contribution is 2.28. The number of aromatic hydroxyl groups is 1. The van der Waals surface area contributed by atoms with Gasteiger partial charge < -0.3 is 15.7 Å². The standard InChI is InChI=1S/C17H20N2O2/c1-12(14-10-6-7-11-15(14)20)19(2)17(21)16(18)13-8-4-3-5-9-13/h3-12,16,20H,18H2,1-2H3. The number of carbonyl (C=O) groups excluding carboxylic acids is 1. The van der Waals surface area contributed by atoms with Gasteiger partial charge in [-0.05, 0) is 18.6 Å². The molecule has 0 fully saturated rings. The van der Waals surface area contributed by atoms with Crippen LogP contribution in [0.1, 0.15) is 30.1 Å². The van der Waals surface area contributed by atoms with Gasteiger partial charge in [0.2, 0.25) is 5.91 Å². The molecule has 0 radical (unpaired) electrons. The summed E-state index contributed by atoms with van der Waals surface area (Å²) in [5.41, 5.74) is 7.52. The maximum atomic E-state index is 12.5. The second-order valence-corrected chi connectivity index (χ2v) is 5.07. The van der Waals surface area contributed by atoms with E-state index in [2.05, 4.69) is 0 Å². The topological polar surface area (TPSA) is 66.6 Å². The fourth-order valence-electron chi connectivity index (χ4n) is 2.26. The van der Waals surface area contributed by atoms with Crippen LogP contribution >= 0.6 is 0 Å². The number of hydrogen-bond donors (Lipinski definition) is 2. The average Bonchev–Trinajstić information content (AvgIpc) is 2.53. The fourth-order valence-corrected chi connectivity index (χ4v) is 2.26. The molecule has 2 aromatic rings. The molecule has 0 aliphatic rings. The molecule has 21 heavy (non-hydrogen) atoms. The number of hydrogen-bond acceptors (Lipinski definition) is 3. The van der Waals surface area contributed by atoms with E-state index in [0.717, 1.165) is 5.56 Å². The van der Waals surface area contributed by atoms with Crippen molar-refractivity contribution in [1.29, 1.82) is 0 Å². The van der Waals surface area contributed by atoms with Crippen LogP contribution in [0.2, 0.25) is 0 Å². The normalized spacial score (nSPS) is 13.5. The molecule has 0 aromatic heterocycles. The van der Waals surface area contributed by atoms with Gasteiger partial charge >= 0.3 is 0 Å². The van der Waals surface area contributed by atoms with Crippen LogP contribution in [0.15, 0.2) is 54.6 Å². The number of rotatable bonds is 4. The zero-order valence-corrected chi connectivity index (χ0v) is 12.2. The Bertz CT molecular complexity index is 613. The quantitative estimate of drug-likeness (QED) is 0.907. The maximum Gasteiger partial charge on any atom is 0.244 e. The van der Waals surface area contributed by atoms with Crippen LogP contribution in [0, 0.1) is 0 Å². The minimum Gasteiger partial charge on any atom is -0.508 e. The third-order valence-corrected chi connectivity index (χ3v) is 3.74. The number of para-hydroxylation sites is 1. The predicted molar refractivity (Wildman–Crippen MR) is 82.7 cm³/mol. The van der Waals surface area contributed by atoms with E-state index in [1.54, 1.807) is 30.1 Å². The van der Waals surface area contributed by atoms with Crippen molar-refractivity contribution in [3.05, 3.63) is 65.7 Å². The predicted octanol–water partition coefficient (Wildman–Crippen LogP) is 2.61. The molecule has 2 atom stereocenters. The van der Waals surface area contributed by atoms with Crippen molar-refractivity contribution in [2.75, 3.05) is 7.05 Å². The molecule has 1 amide bonds. The first kappa shape index (κ1) is 15.1. The van der Waals surface area contributed by atoms with Crippen LogP contribution in [0.25, 0.3) is 0 Å². The van der Waals surface area contributed by atoms with Crippen molar-refractivity contribution in [1.82, 2.24) is 4.90 Å². The molecule has 0 aliphatic carbocycles. The lowest BCUT2D eigenvalue weighted by molar-refractivity contribution is -0.133. The lowest BCUT2D eigenvalue weighted by Crippen LogP contribution is -2.37. The molecule has 4 nitrogen and oxygen atoms in total. The minimum atomic E-state index is -0.704. The van der Waals surface area contributed by atoms with Crippen LogP contribution in [0.4, 0.5) is 0 Å². The van der Waals surface area contributed by atoms with Gasteiger partial charge in [-0.25, -0.2) is 0 Å². The highest BCUT2D eigenvalue weighted by Gasteiger charge is 2.25. The SMILES string of the molecule is CC(c1ccccc1O)N(C)C(=O)C(N)c1ccccc1. The highest BCUT2D eigenvalue weighted by molar-refractivity contribution is 5.83. The average molecular weight is 284 g/mol. The second kappa shape index (κ2) is 6.41. The maximum absolute atomic E-state index is 12.5. The molecule has 2 aromatic carbocycles. The molecule has 0 saturated heterocycles. The van der Waals surface area contributed by atoms with Gasteiger partial charge in [0, 0.05) is 12.6 Å². The second-order valence-electron chi connectivity index (χ2n) is 5.07. The van der Waals surface area contributed by atoms with E-state index < -0.39 is 6.04 Å². The van der Waals surface area contributed by atoms with Crippen molar-refractivity contribution >= 4 is 5.91 Å². The number of benzene rings is 2. The van der Waals surface area contributed by atoms with Crippen LogP contribution in [0.5, 0.6) is 5.75 Å².